The Morgan fingerprint density at radius 3 is 2.63 bits per heavy atom. The Morgan fingerprint density at radius 2 is 2.00 bits per heavy atom. The van der Waals surface area contributed by atoms with Gasteiger partial charge in [-0.05, 0) is 25.8 Å². The lowest BCUT2D eigenvalue weighted by Gasteiger charge is -2.35. The van der Waals surface area contributed by atoms with Crippen LogP contribution in [0.4, 0.5) is 5.69 Å². The maximum absolute atomic E-state index is 11.3. The molecule has 1 fully saturated rings. The minimum atomic E-state index is -0.100. The molecule has 0 saturated heterocycles. The van der Waals surface area contributed by atoms with Crippen LogP contribution in [0.15, 0.2) is 24.3 Å². The van der Waals surface area contributed by atoms with E-state index in [1.807, 2.05) is 19.1 Å². The molecule has 0 bridgehead atoms. The Morgan fingerprint density at radius 1 is 1.32 bits per heavy atom. The van der Waals surface area contributed by atoms with Gasteiger partial charge in [-0.15, -0.1) is 0 Å². The topological polar surface area (TPSA) is 47.6 Å². The minimum absolute atomic E-state index is 0.0505. The fourth-order valence-corrected chi connectivity index (χ4v) is 2.42. The van der Waals surface area contributed by atoms with Crippen molar-refractivity contribution in [3.63, 3.8) is 0 Å². The lowest BCUT2D eigenvalue weighted by atomic mass is 9.80. The highest BCUT2D eigenvalue weighted by atomic mass is 16.5. The van der Waals surface area contributed by atoms with E-state index < -0.39 is 0 Å². The zero-order chi connectivity index (χ0) is 13.8. The maximum Gasteiger partial charge on any atom is 0.308 e. The summed E-state index contributed by atoms with van der Waals surface area (Å²) >= 11 is 0. The molecule has 0 spiro atoms. The van der Waals surface area contributed by atoms with Gasteiger partial charge < -0.3 is 14.8 Å². The molecule has 4 heteroatoms. The van der Waals surface area contributed by atoms with E-state index in [2.05, 4.69) is 17.4 Å². The zero-order valence-electron chi connectivity index (χ0n) is 11.7. The third kappa shape index (κ3) is 3.07. The summed E-state index contributed by atoms with van der Waals surface area (Å²) in [5.41, 5.74) is 2.23. The summed E-state index contributed by atoms with van der Waals surface area (Å²) in [6, 6.07) is 8.47. The number of nitrogens with one attached hydrogen (secondary N) is 1. The predicted molar refractivity (Wildman–Crippen MR) is 74.0 cm³/mol. The van der Waals surface area contributed by atoms with Crippen molar-refractivity contribution in [1.29, 1.82) is 0 Å². The fraction of sp³-hybridized carbons (Fsp3) is 0.533. The average molecular weight is 263 g/mol. The molecule has 0 aliphatic heterocycles. The molecular formula is C15H21NO3. The van der Waals surface area contributed by atoms with Gasteiger partial charge in [0.15, 0.2) is 0 Å². The van der Waals surface area contributed by atoms with Crippen molar-refractivity contribution in [3.8, 4) is 0 Å². The monoisotopic (exact) mass is 263 g/mol. The predicted octanol–water partition coefficient (Wildman–Crippen LogP) is 2.76. The normalized spacial score (nSPS) is 23.3. The highest BCUT2D eigenvalue weighted by molar-refractivity contribution is 5.74. The molecule has 0 aromatic heterocycles. The van der Waals surface area contributed by atoms with Gasteiger partial charge in [0.05, 0.1) is 19.1 Å². The third-order valence-electron chi connectivity index (χ3n) is 3.78. The number of hydrogen-bond donors (Lipinski definition) is 1. The number of benzene rings is 1. The molecular weight excluding hydrogens is 242 g/mol. The van der Waals surface area contributed by atoms with E-state index in [0.717, 1.165) is 24.1 Å². The van der Waals surface area contributed by atoms with E-state index in [1.54, 1.807) is 7.11 Å². The van der Waals surface area contributed by atoms with Gasteiger partial charge >= 0.3 is 5.97 Å². The molecule has 0 heterocycles. The summed E-state index contributed by atoms with van der Waals surface area (Å²) in [6.07, 6.45) is 1.73. The van der Waals surface area contributed by atoms with Crippen LogP contribution >= 0.6 is 0 Å². The van der Waals surface area contributed by atoms with Crippen molar-refractivity contribution in [2.75, 3.05) is 19.5 Å². The lowest BCUT2D eigenvalue weighted by molar-refractivity contribution is -0.148. The molecule has 19 heavy (non-hydrogen) atoms. The molecule has 0 radical (unpaired) electrons. The van der Waals surface area contributed by atoms with Crippen molar-refractivity contribution in [3.05, 3.63) is 29.8 Å². The molecule has 1 aliphatic rings. The van der Waals surface area contributed by atoms with Crippen LogP contribution in [0.5, 0.6) is 0 Å². The first kappa shape index (κ1) is 13.9. The van der Waals surface area contributed by atoms with E-state index in [1.165, 1.54) is 7.11 Å². The first-order valence-electron chi connectivity index (χ1n) is 6.61. The number of methoxy groups -OCH3 is 2. The molecule has 1 aliphatic carbocycles. The summed E-state index contributed by atoms with van der Waals surface area (Å²) in [4.78, 5) is 11.3. The molecule has 1 atom stereocenters. The van der Waals surface area contributed by atoms with Crippen molar-refractivity contribution in [2.24, 2.45) is 5.92 Å². The van der Waals surface area contributed by atoms with E-state index in [9.17, 15) is 4.79 Å². The van der Waals surface area contributed by atoms with Crippen molar-refractivity contribution in [2.45, 2.75) is 31.9 Å². The van der Waals surface area contributed by atoms with Gasteiger partial charge in [-0.3, -0.25) is 4.79 Å². The number of anilines is 1. The number of para-hydroxylation sites is 1. The average Bonchev–Trinajstić information content (AvgIpc) is 2.41. The summed E-state index contributed by atoms with van der Waals surface area (Å²) in [6.45, 7) is 2.03. The van der Waals surface area contributed by atoms with Crippen molar-refractivity contribution >= 4 is 11.7 Å². The molecule has 1 aromatic rings. The second kappa shape index (κ2) is 6.06. The smallest absolute Gasteiger partial charge is 0.308 e. The Bertz CT molecular complexity index is 441. The van der Waals surface area contributed by atoms with E-state index in [-0.39, 0.29) is 18.0 Å². The van der Waals surface area contributed by atoms with Gasteiger partial charge in [0, 0.05) is 24.4 Å². The van der Waals surface area contributed by atoms with Crippen LogP contribution in [-0.2, 0) is 14.3 Å². The standard InChI is InChI=1S/C15H21NO3/c1-10(18-2)13-6-4-5-7-14(13)16-12-8-11(9-12)15(17)19-3/h4-7,10-12,16H,8-9H2,1-3H3. The van der Waals surface area contributed by atoms with Crippen LogP contribution in [0, 0.1) is 5.92 Å². The molecule has 2 rings (SSSR count). The molecule has 104 valence electrons. The van der Waals surface area contributed by atoms with Gasteiger partial charge in [-0.1, -0.05) is 18.2 Å². The Balaban J connectivity index is 1.96. The summed E-state index contributed by atoms with van der Waals surface area (Å²) in [5.74, 6) is -0.0499. The van der Waals surface area contributed by atoms with E-state index in [4.69, 9.17) is 9.47 Å². The number of rotatable bonds is 5. The Kier molecular flexibility index (Phi) is 4.43. The summed E-state index contributed by atoms with van der Waals surface area (Å²) in [7, 11) is 3.15. The van der Waals surface area contributed by atoms with Crippen LogP contribution < -0.4 is 5.32 Å². The summed E-state index contributed by atoms with van der Waals surface area (Å²) < 4.78 is 10.1. The first-order chi connectivity index (χ1) is 9.15. The van der Waals surface area contributed by atoms with Gasteiger partial charge in [-0.2, -0.15) is 0 Å². The molecule has 4 nitrogen and oxygen atoms in total. The number of carbonyl (C=O) groups excluding carboxylic acids is 1. The highest BCUT2D eigenvalue weighted by Gasteiger charge is 2.35. The number of hydrogen-bond acceptors (Lipinski definition) is 4. The van der Waals surface area contributed by atoms with Gasteiger partial charge in [0.2, 0.25) is 0 Å². The molecule has 1 unspecified atom stereocenters. The third-order valence-corrected chi connectivity index (χ3v) is 3.78. The van der Waals surface area contributed by atoms with Crippen LogP contribution in [0.3, 0.4) is 0 Å². The van der Waals surface area contributed by atoms with Crippen LogP contribution in [-0.4, -0.2) is 26.2 Å². The molecule has 1 saturated carbocycles. The molecule has 1 aromatic carbocycles. The van der Waals surface area contributed by atoms with Crippen molar-refractivity contribution < 1.29 is 14.3 Å². The number of carbonyl (C=O) groups is 1. The molecule has 0 amide bonds. The van der Waals surface area contributed by atoms with Crippen LogP contribution in [0.1, 0.15) is 31.4 Å². The minimum Gasteiger partial charge on any atom is -0.469 e. The van der Waals surface area contributed by atoms with E-state index >= 15 is 0 Å². The highest BCUT2D eigenvalue weighted by Crippen LogP contribution is 2.33. The lowest BCUT2D eigenvalue weighted by Crippen LogP contribution is -2.40. The number of ether oxygens (including phenoxy) is 2. The largest absolute Gasteiger partial charge is 0.469 e. The van der Waals surface area contributed by atoms with E-state index in [0.29, 0.717) is 6.04 Å². The van der Waals surface area contributed by atoms with Crippen LogP contribution in [0.2, 0.25) is 0 Å². The van der Waals surface area contributed by atoms with Gasteiger partial charge in [0.1, 0.15) is 0 Å². The zero-order valence-corrected chi connectivity index (χ0v) is 11.7. The van der Waals surface area contributed by atoms with Crippen molar-refractivity contribution in [1.82, 2.24) is 0 Å². The molecule has 1 N–H and O–H groups in total. The second-order valence-corrected chi connectivity index (χ2v) is 5.00. The summed E-state index contributed by atoms with van der Waals surface area (Å²) in [5, 5.41) is 3.48. The fourth-order valence-electron chi connectivity index (χ4n) is 2.42. The van der Waals surface area contributed by atoms with Crippen LogP contribution in [0.25, 0.3) is 0 Å². The van der Waals surface area contributed by atoms with Gasteiger partial charge in [-0.25, -0.2) is 0 Å². The maximum atomic E-state index is 11.3. The Hall–Kier alpha value is -1.55. The first-order valence-corrected chi connectivity index (χ1v) is 6.61. The van der Waals surface area contributed by atoms with Gasteiger partial charge in [0.25, 0.3) is 0 Å². The number of esters is 1. The second-order valence-electron chi connectivity index (χ2n) is 5.00. The Labute approximate surface area is 114 Å². The quantitative estimate of drug-likeness (QED) is 0.830. The SMILES string of the molecule is COC(=O)C1CC(Nc2ccccc2C(C)OC)C1.